The molecule has 8 nitrogen and oxygen atoms in total. The Kier molecular flexibility index (Phi) is 12.9. The Labute approximate surface area is 273 Å². The molecule has 0 heterocycles. The molecule has 246 valence electrons. The van der Waals surface area contributed by atoms with Gasteiger partial charge in [0.25, 0.3) is 10.1 Å². The first-order chi connectivity index (χ1) is 22.2. The van der Waals surface area contributed by atoms with Crippen LogP contribution >= 0.6 is 0 Å². The number of hydrogen-bond acceptors (Lipinski definition) is 8. The van der Waals surface area contributed by atoms with E-state index in [9.17, 15) is 8.42 Å². The predicted octanol–water partition coefficient (Wildman–Crippen LogP) is 7.68. The topological polar surface area (TPSA) is 89.5 Å². The molecule has 0 N–H and O–H groups in total. The minimum atomic E-state index is -3.83. The van der Waals surface area contributed by atoms with Gasteiger partial charge in [-0.05, 0) is 54.5 Å². The second-order valence-corrected chi connectivity index (χ2v) is 12.9. The van der Waals surface area contributed by atoms with Gasteiger partial charge in [-0.1, -0.05) is 86.6 Å². The molecule has 0 aliphatic heterocycles. The van der Waals surface area contributed by atoms with Gasteiger partial charge in [-0.3, -0.25) is 4.18 Å². The third-order valence-corrected chi connectivity index (χ3v) is 8.55. The first-order valence-corrected chi connectivity index (χ1v) is 16.8. The van der Waals surface area contributed by atoms with Gasteiger partial charge in [0, 0.05) is 17.7 Å². The Hall–Kier alpha value is -4.05. The molecule has 0 fully saturated rings. The van der Waals surface area contributed by atoms with Gasteiger partial charge in [-0.15, -0.1) is 0 Å². The summed E-state index contributed by atoms with van der Waals surface area (Å²) in [6.45, 7) is 7.36. The van der Waals surface area contributed by atoms with E-state index >= 15 is 0 Å². The lowest BCUT2D eigenvalue weighted by Crippen LogP contribution is -2.11. The van der Waals surface area contributed by atoms with Crippen LogP contribution in [0.1, 0.15) is 48.1 Å². The number of ether oxygens (including phenoxy) is 5. The Morgan fingerprint density at radius 1 is 0.674 bits per heavy atom. The minimum absolute atomic E-state index is 0.103. The van der Waals surface area contributed by atoms with Crippen molar-refractivity contribution >= 4 is 10.1 Å². The molecule has 0 aliphatic carbocycles. The SMILES string of the molecule is COc1c(OCc2ccccc2)c(C)c(CCCOCc2cccc(S(=O)(=O)OCC(C)C)c2)c(OCc2ccccc2)c1OC. The highest BCUT2D eigenvalue weighted by molar-refractivity contribution is 7.86. The third-order valence-electron chi connectivity index (χ3n) is 7.27. The Bertz CT molecular complexity index is 1640. The molecule has 4 rings (SSSR count). The maximum atomic E-state index is 12.6. The molecule has 0 saturated carbocycles. The second-order valence-electron chi connectivity index (χ2n) is 11.3. The van der Waals surface area contributed by atoms with Crippen molar-refractivity contribution in [2.45, 2.75) is 58.3 Å². The highest BCUT2D eigenvalue weighted by Crippen LogP contribution is 2.50. The van der Waals surface area contributed by atoms with E-state index in [4.69, 9.17) is 27.9 Å². The van der Waals surface area contributed by atoms with Crippen molar-refractivity contribution in [1.29, 1.82) is 0 Å². The standard InChI is InChI=1S/C37H44O8S/c1-27(2)23-45-46(38,39)32-19-12-18-31(22-32)24-42-21-13-20-33-28(3)34(43-25-29-14-8-6-9-15-29)36(40-4)37(41-5)35(33)44-26-30-16-10-7-11-17-30/h6-12,14-19,22,27H,13,20-21,23-26H2,1-5H3. The van der Waals surface area contributed by atoms with Crippen LogP contribution in [-0.2, 0) is 45.3 Å². The minimum Gasteiger partial charge on any atom is -0.490 e. The highest BCUT2D eigenvalue weighted by atomic mass is 32.2. The zero-order valence-electron chi connectivity index (χ0n) is 27.3. The van der Waals surface area contributed by atoms with E-state index in [1.54, 1.807) is 26.4 Å². The highest BCUT2D eigenvalue weighted by Gasteiger charge is 2.26. The zero-order valence-corrected chi connectivity index (χ0v) is 28.1. The summed E-state index contributed by atoms with van der Waals surface area (Å²) in [5, 5.41) is 0. The fraction of sp³-hybridized carbons (Fsp3) is 0.351. The van der Waals surface area contributed by atoms with Crippen molar-refractivity contribution in [3.8, 4) is 23.0 Å². The van der Waals surface area contributed by atoms with Crippen LogP contribution in [0.3, 0.4) is 0 Å². The molecule has 0 amide bonds. The van der Waals surface area contributed by atoms with Crippen LogP contribution in [0.25, 0.3) is 0 Å². The van der Waals surface area contributed by atoms with Gasteiger partial charge in [0.05, 0.1) is 32.3 Å². The van der Waals surface area contributed by atoms with Gasteiger partial charge in [0.1, 0.15) is 13.2 Å². The van der Waals surface area contributed by atoms with Gasteiger partial charge in [-0.25, -0.2) is 0 Å². The maximum Gasteiger partial charge on any atom is 0.296 e. The Morgan fingerprint density at radius 2 is 1.24 bits per heavy atom. The molecule has 46 heavy (non-hydrogen) atoms. The lowest BCUT2D eigenvalue weighted by atomic mass is 9.99. The average Bonchev–Trinajstić information content (AvgIpc) is 3.07. The summed E-state index contributed by atoms with van der Waals surface area (Å²) in [4.78, 5) is 0.124. The second kappa shape index (κ2) is 17.0. The lowest BCUT2D eigenvalue weighted by Gasteiger charge is -2.23. The zero-order chi connectivity index (χ0) is 32.9. The molecule has 4 aromatic rings. The summed E-state index contributed by atoms with van der Waals surface area (Å²) in [6.07, 6.45) is 1.29. The van der Waals surface area contributed by atoms with Gasteiger partial charge < -0.3 is 23.7 Å². The van der Waals surface area contributed by atoms with Crippen LogP contribution in [0.4, 0.5) is 0 Å². The summed E-state index contributed by atoms with van der Waals surface area (Å²) in [5.41, 5.74) is 4.65. The number of methoxy groups -OCH3 is 2. The summed E-state index contributed by atoms with van der Waals surface area (Å²) in [5.74, 6) is 2.26. The van der Waals surface area contributed by atoms with E-state index in [0.717, 1.165) is 27.8 Å². The predicted molar refractivity (Wildman–Crippen MR) is 178 cm³/mol. The molecular formula is C37H44O8S. The van der Waals surface area contributed by atoms with E-state index in [0.29, 0.717) is 55.7 Å². The quantitative estimate of drug-likeness (QED) is 0.0802. The summed E-state index contributed by atoms with van der Waals surface area (Å²) in [7, 11) is -0.636. The fourth-order valence-corrected chi connectivity index (χ4v) is 6.03. The van der Waals surface area contributed by atoms with Crippen LogP contribution in [-0.4, -0.2) is 35.9 Å². The van der Waals surface area contributed by atoms with Gasteiger partial charge in [0.15, 0.2) is 11.5 Å². The molecule has 4 aromatic carbocycles. The van der Waals surface area contributed by atoms with Crippen molar-refractivity contribution in [1.82, 2.24) is 0 Å². The first kappa shape index (κ1) is 34.8. The number of rotatable bonds is 18. The smallest absolute Gasteiger partial charge is 0.296 e. The summed E-state index contributed by atoms with van der Waals surface area (Å²) >= 11 is 0. The van der Waals surface area contributed by atoms with Crippen molar-refractivity contribution in [3.05, 3.63) is 113 Å². The Balaban J connectivity index is 1.51. The first-order valence-electron chi connectivity index (χ1n) is 15.4. The molecule has 0 saturated heterocycles. The van der Waals surface area contributed by atoms with E-state index in [1.165, 1.54) is 6.07 Å². The van der Waals surface area contributed by atoms with Crippen molar-refractivity contribution in [2.75, 3.05) is 27.4 Å². The molecule has 0 spiro atoms. The van der Waals surface area contributed by atoms with Crippen LogP contribution in [0, 0.1) is 12.8 Å². The lowest BCUT2D eigenvalue weighted by molar-refractivity contribution is 0.118. The molecule has 0 aromatic heterocycles. The van der Waals surface area contributed by atoms with Crippen molar-refractivity contribution in [2.24, 2.45) is 5.92 Å². The normalized spacial score (nSPS) is 11.4. The van der Waals surface area contributed by atoms with Crippen molar-refractivity contribution in [3.63, 3.8) is 0 Å². The monoisotopic (exact) mass is 648 g/mol. The largest absolute Gasteiger partial charge is 0.490 e. The van der Waals surface area contributed by atoms with Crippen LogP contribution < -0.4 is 18.9 Å². The van der Waals surface area contributed by atoms with E-state index < -0.39 is 10.1 Å². The van der Waals surface area contributed by atoms with Gasteiger partial charge in [0.2, 0.25) is 11.5 Å². The van der Waals surface area contributed by atoms with Gasteiger partial charge >= 0.3 is 0 Å². The van der Waals surface area contributed by atoms with E-state index in [2.05, 4.69) is 0 Å². The number of benzene rings is 4. The summed E-state index contributed by atoms with van der Waals surface area (Å²) in [6, 6.07) is 26.6. The van der Waals surface area contributed by atoms with E-state index in [-0.39, 0.29) is 24.0 Å². The number of hydrogen-bond donors (Lipinski definition) is 0. The molecule has 0 atom stereocenters. The van der Waals surface area contributed by atoms with Crippen LogP contribution in [0.15, 0.2) is 89.8 Å². The molecule has 0 radical (unpaired) electrons. The van der Waals surface area contributed by atoms with Crippen LogP contribution in [0.2, 0.25) is 0 Å². The molecule has 0 bridgehead atoms. The fourth-order valence-electron chi connectivity index (χ4n) is 4.90. The maximum absolute atomic E-state index is 12.6. The van der Waals surface area contributed by atoms with E-state index in [1.807, 2.05) is 87.5 Å². The summed E-state index contributed by atoms with van der Waals surface area (Å²) < 4.78 is 60.8. The van der Waals surface area contributed by atoms with Crippen LogP contribution in [0.5, 0.6) is 23.0 Å². The molecular weight excluding hydrogens is 604 g/mol. The average molecular weight is 649 g/mol. The molecule has 0 aliphatic rings. The molecule has 0 unspecified atom stereocenters. The third kappa shape index (κ3) is 9.48. The van der Waals surface area contributed by atoms with Gasteiger partial charge in [-0.2, -0.15) is 8.42 Å². The Morgan fingerprint density at radius 3 is 1.83 bits per heavy atom. The van der Waals surface area contributed by atoms with Crippen molar-refractivity contribution < 1.29 is 36.3 Å². The molecule has 9 heteroatoms.